The number of carboxylic acid groups (broad SMARTS) is 1. The van der Waals surface area contributed by atoms with E-state index in [1.807, 2.05) is 18.2 Å². The molecule has 1 saturated heterocycles. The van der Waals surface area contributed by atoms with Crippen LogP contribution in [0.25, 0.3) is 0 Å². The van der Waals surface area contributed by atoms with Gasteiger partial charge in [-0.3, -0.25) is 4.79 Å². The molecule has 1 N–H and O–H groups in total. The van der Waals surface area contributed by atoms with Gasteiger partial charge in [-0.15, -0.1) is 11.8 Å². The minimum Gasteiger partial charge on any atom is -0.480 e. The fourth-order valence-corrected chi connectivity index (χ4v) is 3.95. The first-order valence-electron chi connectivity index (χ1n) is 6.34. The Labute approximate surface area is 127 Å². The SMILES string of the molecule is CC(C)C(=O)N1C(C(=O)O)CSC1c1ccccc1Cl. The van der Waals surface area contributed by atoms with Crippen molar-refractivity contribution in [2.24, 2.45) is 5.92 Å². The van der Waals surface area contributed by atoms with Crippen LogP contribution in [-0.4, -0.2) is 33.7 Å². The van der Waals surface area contributed by atoms with Gasteiger partial charge in [-0.2, -0.15) is 0 Å². The maximum atomic E-state index is 12.4. The number of hydrogen-bond acceptors (Lipinski definition) is 3. The van der Waals surface area contributed by atoms with Crippen molar-refractivity contribution < 1.29 is 14.7 Å². The lowest BCUT2D eigenvalue weighted by Crippen LogP contribution is -2.44. The second-order valence-electron chi connectivity index (χ2n) is 4.96. The normalized spacial score (nSPS) is 22.3. The maximum Gasteiger partial charge on any atom is 0.327 e. The molecule has 1 aromatic rings. The molecule has 2 unspecified atom stereocenters. The third kappa shape index (κ3) is 2.79. The number of carboxylic acids is 1. The number of rotatable bonds is 3. The summed E-state index contributed by atoms with van der Waals surface area (Å²) in [5, 5.41) is 9.53. The Morgan fingerprint density at radius 3 is 2.60 bits per heavy atom. The molecule has 0 saturated carbocycles. The Morgan fingerprint density at radius 1 is 1.40 bits per heavy atom. The van der Waals surface area contributed by atoms with E-state index in [1.165, 1.54) is 16.7 Å². The Balaban J connectivity index is 2.40. The molecule has 1 heterocycles. The average Bonchev–Trinajstić information content (AvgIpc) is 2.82. The van der Waals surface area contributed by atoms with Crippen LogP contribution < -0.4 is 0 Å². The minimum atomic E-state index is -0.971. The smallest absolute Gasteiger partial charge is 0.327 e. The van der Waals surface area contributed by atoms with E-state index >= 15 is 0 Å². The first-order chi connectivity index (χ1) is 9.43. The molecular weight excluding hydrogens is 298 g/mol. The lowest BCUT2D eigenvalue weighted by molar-refractivity contribution is -0.150. The molecule has 1 aromatic carbocycles. The summed E-state index contributed by atoms with van der Waals surface area (Å²) in [6.45, 7) is 3.54. The molecule has 6 heteroatoms. The van der Waals surface area contributed by atoms with Crippen molar-refractivity contribution in [2.75, 3.05) is 5.75 Å². The van der Waals surface area contributed by atoms with Crippen LogP contribution in [0.2, 0.25) is 5.02 Å². The first-order valence-corrected chi connectivity index (χ1v) is 7.77. The molecule has 4 nitrogen and oxygen atoms in total. The molecule has 1 aliphatic rings. The van der Waals surface area contributed by atoms with Gasteiger partial charge in [0.2, 0.25) is 5.91 Å². The van der Waals surface area contributed by atoms with E-state index in [0.717, 1.165) is 5.56 Å². The summed E-state index contributed by atoms with van der Waals surface area (Å²) in [4.78, 5) is 25.2. The molecule has 0 spiro atoms. The average molecular weight is 314 g/mol. The van der Waals surface area contributed by atoms with Crippen molar-refractivity contribution >= 4 is 35.2 Å². The van der Waals surface area contributed by atoms with Crippen molar-refractivity contribution in [3.05, 3.63) is 34.9 Å². The van der Waals surface area contributed by atoms with Gasteiger partial charge in [-0.1, -0.05) is 43.6 Å². The van der Waals surface area contributed by atoms with E-state index in [2.05, 4.69) is 0 Å². The van der Waals surface area contributed by atoms with Gasteiger partial charge in [-0.05, 0) is 6.07 Å². The van der Waals surface area contributed by atoms with Crippen LogP contribution in [-0.2, 0) is 9.59 Å². The third-order valence-corrected chi connectivity index (χ3v) is 4.85. The van der Waals surface area contributed by atoms with Crippen LogP contribution in [0.15, 0.2) is 24.3 Å². The molecule has 1 fully saturated rings. The highest BCUT2D eigenvalue weighted by Crippen LogP contribution is 2.44. The number of hydrogen-bond donors (Lipinski definition) is 1. The molecule has 0 aromatic heterocycles. The van der Waals surface area contributed by atoms with Gasteiger partial charge in [0.1, 0.15) is 11.4 Å². The topological polar surface area (TPSA) is 57.6 Å². The largest absolute Gasteiger partial charge is 0.480 e. The number of carbonyl (C=O) groups is 2. The summed E-state index contributed by atoms with van der Waals surface area (Å²) in [7, 11) is 0. The fraction of sp³-hybridized carbons (Fsp3) is 0.429. The van der Waals surface area contributed by atoms with E-state index in [9.17, 15) is 14.7 Å². The van der Waals surface area contributed by atoms with Gasteiger partial charge in [0.25, 0.3) is 0 Å². The van der Waals surface area contributed by atoms with Crippen LogP contribution in [0.5, 0.6) is 0 Å². The van der Waals surface area contributed by atoms with Crippen LogP contribution >= 0.6 is 23.4 Å². The summed E-state index contributed by atoms with van der Waals surface area (Å²) in [6.07, 6.45) is 0. The van der Waals surface area contributed by atoms with E-state index in [0.29, 0.717) is 10.8 Å². The minimum absolute atomic E-state index is 0.160. The van der Waals surface area contributed by atoms with Gasteiger partial charge in [0, 0.05) is 22.3 Å². The third-order valence-electron chi connectivity index (χ3n) is 3.21. The zero-order valence-corrected chi connectivity index (χ0v) is 12.8. The molecule has 2 atom stereocenters. The first kappa shape index (κ1) is 15.2. The van der Waals surface area contributed by atoms with E-state index in [4.69, 9.17) is 11.6 Å². The second kappa shape index (κ2) is 6.06. The highest BCUT2D eigenvalue weighted by molar-refractivity contribution is 7.99. The van der Waals surface area contributed by atoms with Gasteiger partial charge in [-0.25, -0.2) is 4.79 Å². The fourth-order valence-electron chi connectivity index (χ4n) is 2.18. The summed E-state index contributed by atoms with van der Waals surface area (Å²) >= 11 is 7.62. The van der Waals surface area contributed by atoms with Crippen LogP contribution in [0.4, 0.5) is 0 Å². The summed E-state index contributed by atoms with van der Waals surface area (Å²) < 4.78 is 0. The zero-order valence-electron chi connectivity index (χ0n) is 11.2. The van der Waals surface area contributed by atoms with Crippen molar-refractivity contribution in [1.29, 1.82) is 0 Å². The number of thioether (sulfide) groups is 1. The lowest BCUT2D eigenvalue weighted by atomic mass is 10.1. The van der Waals surface area contributed by atoms with Gasteiger partial charge < -0.3 is 10.0 Å². The number of benzene rings is 1. The predicted molar refractivity (Wildman–Crippen MR) is 79.8 cm³/mol. The van der Waals surface area contributed by atoms with E-state index < -0.39 is 12.0 Å². The molecule has 0 aliphatic carbocycles. The Bertz CT molecular complexity index is 535. The van der Waals surface area contributed by atoms with E-state index in [-0.39, 0.29) is 17.2 Å². The summed E-state index contributed by atoms with van der Waals surface area (Å²) in [5.41, 5.74) is 0.789. The number of carbonyl (C=O) groups excluding carboxylic acids is 1. The zero-order chi connectivity index (χ0) is 14.9. The molecule has 2 rings (SSSR count). The molecular formula is C14H16ClNO3S. The summed E-state index contributed by atoms with van der Waals surface area (Å²) in [5.74, 6) is -1.00. The Morgan fingerprint density at radius 2 is 2.05 bits per heavy atom. The van der Waals surface area contributed by atoms with Crippen LogP contribution in [0.3, 0.4) is 0 Å². The lowest BCUT2D eigenvalue weighted by Gasteiger charge is -2.29. The van der Waals surface area contributed by atoms with Crippen molar-refractivity contribution in [3.8, 4) is 0 Å². The number of halogens is 1. The number of amides is 1. The quantitative estimate of drug-likeness (QED) is 0.932. The number of aliphatic carboxylic acids is 1. The highest BCUT2D eigenvalue weighted by Gasteiger charge is 2.43. The van der Waals surface area contributed by atoms with Crippen LogP contribution in [0, 0.1) is 5.92 Å². The maximum absolute atomic E-state index is 12.4. The van der Waals surface area contributed by atoms with Gasteiger partial charge >= 0.3 is 5.97 Å². The molecule has 0 bridgehead atoms. The monoisotopic (exact) mass is 313 g/mol. The molecule has 1 amide bonds. The van der Waals surface area contributed by atoms with E-state index in [1.54, 1.807) is 19.9 Å². The molecule has 108 valence electrons. The predicted octanol–water partition coefficient (Wildman–Crippen LogP) is 3.02. The highest BCUT2D eigenvalue weighted by atomic mass is 35.5. The molecule has 0 radical (unpaired) electrons. The Hall–Kier alpha value is -1.20. The van der Waals surface area contributed by atoms with Crippen molar-refractivity contribution in [3.63, 3.8) is 0 Å². The Kier molecular flexibility index (Phi) is 4.60. The van der Waals surface area contributed by atoms with Gasteiger partial charge in [0.15, 0.2) is 0 Å². The van der Waals surface area contributed by atoms with Crippen molar-refractivity contribution in [2.45, 2.75) is 25.3 Å². The van der Waals surface area contributed by atoms with Crippen molar-refractivity contribution in [1.82, 2.24) is 4.90 Å². The van der Waals surface area contributed by atoms with Gasteiger partial charge in [0.05, 0.1) is 0 Å². The number of nitrogens with zero attached hydrogens (tertiary/aromatic N) is 1. The molecule has 1 aliphatic heterocycles. The molecule has 20 heavy (non-hydrogen) atoms. The standard InChI is InChI=1S/C14H16ClNO3S/c1-8(2)12(17)16-11(14(18)19)7-20-13(16)9-5-3-4-6-10(9)15/h3-6,8,11,13H,7H2,1-2H3,(H,18,19). The second-order valence-corrected chi connectivity index (χ2v) is 6.48. The van der Waals surface area contributed by atoms with Crippen LogP contribution in [0.1, 0.15) is 24.8 Å². The summed E-state index contributed by atoms with van der Waals surface area (Å²) in [6, 6.07) is 6.45.